The fourth-order valence-corrected chi connectivity index (χ4v) is 1.77. The van der Waals surface area contributed by atoms with Gasteiger partial charge in [0.05, 0.1) is 5.71 Å². The number of hydrogen-bond donors (Lipinski definition) is 1. The Morgan fingerprint density at radius 2 is 1.46 bits per heavy atom. The molecule has 2 aromatic rings. The van der Waals surface area contributed by atoms with E-state index in [9.17, 15) is 10.2 Å². The summed E-state index contributed by atoms with van der Waals surface area (Å²) in [5.74, 6) is -0.735. The number of hydrogen-bond acceptors (Lipinski definition) is 6. The average Bonchev–Trinajstić information content (AvgIpc) is 2.62. The first-order chi connectivity index (χ1) is 11.6. The van der Waals surface area contributed by atoms with E-state index < -0.39 is 5.90 Å². The summed E-state index contributed by atoms with van der Waals surface area (Å²) in [6, 6.07) is 15.4. The summed E-state index contributed by atoms with van der Waals surface area (Å²) in [6.07, 6.45) is 1.33. The fourth-order valence-electron chi connectivity index (χ4n) is 1.77. The molecule has 0 atom stereocenters. The largest absolute Gasteiger partial charge is 2.00 e. The number of nitrogens with two attached hydrogens (primary N) is 1. The number of nitrogens with zero attached hydrogens (tertiary/aromatic N) is 2. The van der Waals surface area contributed by atoms with Crippen LogP contribution in [0.4, 0.5) is 5.69 Å². The zero-order chi connectivity index (χ0) is 17.9. The minimum Gasteiger partial charge on any atom is -2.00 e. The third-order valence-electron chi connectivity index (χ3n) is 2.89. The van der Waals surface area contributed by atoms with Gasteiger partial charge in [0.1, 0.15) is 0 Å². The maximum atomic E-state index is 11.9. The van der Waals surface area contributed by atoms with E-state index in [0.717, 1.165) is 7.11 Å². The minimum absolute atomic E-state index is 0. The van der Waals surface area contributed by atoms with Gasteiger partial charge in [-0.1, -0.05) is 54.3 Å². The first kappa shape index (κ1) is 25.7. The molecule has 8 heteroatoms. The predicted molar refractivity (Wildman–Crippen MR) is 91.5 cm³/mol. The van der Waals surface area contributed by atoms with E-state index in [0.29, 0.717) is 17.0 Å². The molecule has 139 valence electrons. The van der Waals surface area contributed by atoms with Gasteiger partial charge >= 0.3 is 0 Å². The molecule has 0 saturated carbocycles. The topological polar surface area (TPSA) is 148 Å². The number of benzene rings is 2. The third kappa shape index (κ3) is 8.00. The molecule has 0 bridgehead atoms. The van der Waals surface area contributed by atoms with Crippen molar-refractivity contribution in [3.63, 3.8) is 0 Å². The van der Waals surface area contributed by atoms with Gasteiger partial charge in [-0.15, -0.1) is 0 Å². The molecule has 26 heavy (non-hydrogen) atoms. The maximum Gasteiger partial charge on any atom is 0.0593 e. The molecule has 0 fully saturated rings. The van der Waals surface area contributed by atoms with Crippen molar-refractivity contribution < 1.29 is 39.4 Å². The van der Waals surface area contributed by atoms with Gasteiger partial charge in [-0.3, -0.25) is 0 Å². The number of para-hydroxylation sites is 1. The fraction of sp³-hybridized carbons (Fsp3) is 0.111. The quantitative estimate of drug-likeness (QED) is 0.257. The molecule has 0 heterocycles. The van der Waals surface area contributed by atoms with E-state index >= 15 is 0 Å². The summed E-state index contributed by atoms with van der Waals surface area (Å²) >= 11 is 0. The van der Waals surface area contributed by atoms with Crippen LogP contribution in [0.2, 0.25) is 0 Å². The Morgan fingerprint density at radius 1 is 0.923 bits per heavy atom. The summed E-state index contributed by atoms with van der Waals surface area (Å²) in [5.41, 5.74) is 7.22. The normalized spacial score (nSPS) is 11.4. The maximum absolute atomic E-state index is 11.9. The van der Waals surface area contributed by atoms with Crippen molar-refractivity contribution in [3.05, 3.63) is 71.8 Å². The van der Waals surface area contributed by atoms with Gasteiger partial charge in [-0.05, 0) is 24.6 Å². The number of nitrogen functional groups attached to an aromatic ring is 1. The van der Waals surface area contributed by atoms with Gasteiger partial charge in [0.25, 0.3) is 0 Å². The zero-order valence-corrected chi connectivity index (χ0v) is 15.7. The van der Waals surface area contributed by atoms with E-state index in [1.807, 2.05) is 6.07 Å². The van der Waals surface area contributed by atoms with Crippen molar-refractivity contribution in [1.29, 1.82) is 0 Å². The molecule has 0 amide bonds. The molecule has 0 unspecified atom stereocenters. The third-order valence-corrected chi connectivity index (χ3v) is 2.89. The van der Waals surface area contributed by atoms with Gasteiger partial charge in [-0.25, -0.2) is 0 Å². The molecular formula is C18H18N3O4V-5. The summed E-state index contributed by atoms with van der Waals surface area (Å²) in [4.78, 5) is 0. The molecule has 2 N–H and O–H groups in total. The summed E-state index contributed by atoms with van der Waals surface area (Å²) in [5, 5.41) is 39.4. The Bertz CT molecular complexity index is 747. The van der Waals surface area contributed by atoms with Crippen LogP contribution in [-0.4, -0.2) is 18.7 Å². The van der Waals surface area contributed by atoms with Crippen molar-refractivity contribution in [2.24, 2.45) is 10.2 Å². The molecule has 0 aliphatic carbocycles. The van der Waals surface area contributed by atoms with Crippen LogP contribution in [0.15, 0.2) is 70.9 Å². The van der Waals surface area contributed by atoms with Crippen LogP contribution in [0, 0.1) is 0 Å². The van der Waals surface area contributed by atoms with Gasteiger partial charge in [0.2, 0.25) is 0 Å². The van der Waals surface area contributed by atoms with Crippen molar-refractivity contribution in [2.75, 3.05) is 12.8 Å². The first-order valence-corrected chi connectivity index (χ1v) is 7.07. The molecule has 0 aromatic heterocycles. The van der Waals surface area contributed by atoms with Crippen LogP contribution < -0.4 is 21.1 Å². The van der Waals surface area contributed by atoms with Crippen LogP contribution in [0.5, 0.6) is 0 Å². The van der Waals surface area contributed by atoms with E-state index in [2.05, 4.69) is 10.2 Å². The summed E-state index contributed by atoms with van der Waals surface area (Å²) in [7, 11) is 0.750. The van der Waals surface area contributed by atoms with Crippen molar-refractivity contribution >= 4 is 23.1 Å². The van der Waals surface area contributed by atoms with Crippen molar-refractivity contribution in [1.82, 2.24) is 0 Å². The Labute approximate surface area is 164 Å². The Hall–Kier alpha value is -2.58. The SMILES string of the molecule is CC(/C=C(\[O-])c1ccccc1)=N\N=C(/[O-])c1ccccc1N.C[O-].[O-2].[V]. The molecule has 1 radical (unpaired) electrons. The molecule has 2 rings (SSSR count). The van der Waals surface area contributed by atoms with E-state index in [1.165, 1.54) is 6.08 Å². The van der Waals surface area contributed by atoms with Crippen molar-refractivity contribution in [3.8, 4) is 0 Å². The molecule has 0 spiro atoms. The van der Waals surface area contributed by atoms with E-state index in [4.69, 9.17) is 10.8 Å². The Balaban J connectivity index is 0. The van der Waals surface area contributed by atoms with Crippen LogP contribution in [0.3, 0.4) is 0 Å². The smallest absolute Gasteiger partial charge is 0.0593 e. The second kappa shape index (κ2) is 13.7. The molecule has 0 aliphatic rings. The van der Waals surface area contributed by atoms with Gasteiger partial charge in [0, 0.05) is 35.7 Å². The van der Waals surface area contributed by atoms with Crippen LogP contribution in [0.1, 0.15) is 18.1 Å². The Kier molecular flexibility index (Phi) is 13.5. The monoisotopic (exact) mass is 391 g/mol. The van der Waals surface area contributed by atoms with E-state index in [1.54, 1.807) is 55.5 Å². The predicted octanol–water partition coefficient (Wildman–Crippen LogP) is 0.00820. The second-order valence-corrected chi connectivity index (χ2v) is 4.61. The first-order valence-electron chi connectivity index (χ1n) is 7.07. The molecule has 0 aliphatic heterocycles. The average molecular weight is 391 g/mol. The number of rotatable bonds is 4. The van der Waals surface area contributed by atoms with Crippen LogP contribution in [-0.2, 0) is 24.0 Å². The molecule has 0 saturated heterocycles. The molecular weight excluding hydrogens is 373 g/mol. The molecule has 7 nitrogen and oxygen atoms in total. The summed E-state index contributed by atoms with van der Waals surface area (Å²) in [6.45, 7) is 1.60. The van der Waals surface area contributed by atoms with Gasteiger partial charge in [-0.2, -0.15) is 17.3 Å². The Morgan fingerprint density at radius 3 is 2.04 bits per heavy atom. The van der Waals surface area contributed by atoms with Gasteiger partial charge in [0.15, 0.2) is 0 Å². The summed E-state index contributed by atoms with van der Waals surface area (Å²) < 4.78 is 0. The van der Waals surface area contributed by atoms with Crippen LogP contribution in [0.25, 0.3) is 5.76 Å². The van der Waals surface area contributed by atoms with Gasteiger partial charge < -0.3 is 26.5 Å². The van der Waals surface area contributed by atoms with Crippen molar-refractivity contribution in [2.45, 2.75) is 6.92 Å². The van der Waals surface area contributed by atoms with E-state index in [-0.39, 0.29) is 35.4 Å². The second-order valence-electron chi connectivity index (χ2n) is 4.61. The molecule has 2 aromatic carbocycles. The van der Waals surface area contributed by atoms with Crippen LogP contribution >= 0.6 is 0 Å². The number of anilines is 1. The zero-order valence-electron chi connectivity index (χ0n) is 14.3. The minimum atomic E-state index is -0.544. The number of allylic oxidation sites excluding steroid dienone is 1. The standard InChI is InChI=1S/C17H17N3O2.CH3O.O.V/c1-12(11-16(21)13-7-3-2-4-8-13)19-20-17(22)14-9-5-6-10-15(14)18;1-2;;/h2-11,21H,18H2,1H3,(H,20,22);1H3;;/q;-1;-2;/p-2/b16-11-,19-12+;;;.